The summed E-state index contributed by atoms with van der Waals surface area (Å²) in [6.45, 7) is 12.4. The second kappa shape index (κ2) is 6.41. The summed E-state index contributed by atoms with van der Waals surface area (Å²) in [4.78, 5) is 11.6. The Kier molecular flexibility index (Phi) is 5.36. The zero-order valence-electron chi connectivity index (χ0n) is 13.2. The molecule has 0 aliphatic rings. The molecule has 0 saturated heterocycles. The first-order valence-electron chi connectivity index (χ1n) is 6.75. The van der Waals surface area contributed by atoms with Gasteiger partial charge in [-0.1, -0.05) is 12.1 Å². The fourth-order valence-corrected chi connectivity index (χ4v) is 3.04. The first-order valence-corrected chi connectivity index (χ1v) is 13.6. The van der Waals surface area contributed by atoms with E-state index in [1.807, 2.05) is 43.9 Å². The third-order valence-corrected chi connectivity index (χ3v) is 3.76. The lowest BCUT2D eigenvalue weighted by Gasteiger charge is -2.19. The van der Waals surface area contributed by atoms with Crippen molar-refractivity contribution in [2.24, 2.45) is 0 Å². The van der Waals surface area contributed by atoms with Gasteiger partial charge in [0.1, 0.15) is 5.75 Å². The Bertz CT molecular complexity index is 497. The summed E-state index contributed by atoms with van der Waals surface area (Å²) >= 11 is 0. The van der Waals surface area contributed by atoms with Crippen LogP contribution in [0.25, 0.3) is 6.08 Å². The molecule has 0 saturated carbocycles. The van der Waals surface area contributed by atoms with E-state index in [-0.39, 0.29) is 5.97 Å². The van der Waals surface area contributed by atoms with Crippen molar-refractivity contribution < 1.29 is 13.6 Å². The molecule has 20 heavy (non-hydrogen) atoms. The highest BCUT2D eigenvalue weighted by Gasteiger charge is 2.18. The molecule has 1 aromatic carbocycles. The molecule has 0 spiro atoms. The fraction of sp³-hybridized carbons (Fsp3) is 0.400. The summed E-state index contributed by atoms with van der Waals surface area (Å²) in [5, 5.41) is 0. The van der Waals surface area contributed by atoms with Crippen LogP contribution >= 0.6 is 0 Å². The molecular weight excluding hydrogens is 284 g/mol. The van der Waals surface area contributed by atoms with Crippen LogP contribution in [0.1, 0.15) is 5.56 Å². The van der Waals surface area contributed by atoms with Crippen molar-refractivity contribution in [1.29, 1.82) is 0 Å². The average Bonchev–Trinajstić information content (AvgIpc) is 2.22. The van der Waals surface area contributed by atoms with Crippen molar-refractivity contribution in [3.05, 3.63) is 35.9 Å². The number of rotatable bonds is 5. The fourth-order valence-electron chi connectivity index (χ4n) is 1.54. The van der Waals surface area contributed by atoms with Crippen LogP contribution in [0.4, 0.5) is 0 Å². The van der Waals surface area contributed by atoms with E-state index in [1.54, 1.807) is 6.08 Å². The Morgan fingerprint density at radius 1 is 1.05 bits per heavy atom. The third kappa shape index (κ3) is 7.30. The Balaban J connectivity index is 2.73. The van der Waals surface area contributed by atoms with Crippen molar-refractivity contribution in [3.8, 4) is 5.75 Å². The van der Waals surface area contributed by atoms with Gasteiger partial charge in [-0.25, -0.2) is 4.79 Å². The molecule has 0 aromatic heterocycles. The van der Waals surface area contributed by atoms with Crippen LogP contribution in [0.3, 0.4) is 0 Å². The normalized spacial score (nSPS) is 12.5. The van der Waals surface area contributed by atoms with Gasteiger partial charge in [0.25, 0.3) is 0 Å². The molecule has 1 rings (SSSR count). The molecule has 5 heteroatoms. The van der Waals surface area contributed by atoms with Crippen LogP contribution in [0.2, 0.25) is 39.3 Å². The maximum atomic E-state index is 11.6. The predicted octanol–water partition coefficient (Wildman–Crippen LogP) is 4.29. The standard InChI is InChI=1S/C15H24O3Si2/c1-19(2,3)17-14-9-7-8-13(12-14)10-11-15(16)18-20(4,5)6/h7-12H,1-6H3/b11-10+. The van der Waals surface area contributed by atoms with E-state index in [0.717, 1.165) is 11.3 Å². The van der Waals surface area contributed by atoms with E-state index in [0.29, 0.717) is 0 Å². The zero-order valence-corrected chi connectivity index (χ0v) is 15.2. The molecule has 0 bridgehead atoms. The van der Waals surface area contributed by atoms with Crippen LogP contribution in [0.15, 0.2) is 30.3 Å². The molecule has 0 unspecified atom stereocenters. The molecule has 0 N–H and O–H groups in total. The molecule has 0 radical (unpaired) electrons. The van der Waals surface area contributed by atoms with E-state index >= 15 is 0 Å². The van der Waals surface area contributed by atoms with Gasteiger partial charge in [0.05, 0.1) is 0 Å². The lowest BCUT2D eigenvalue weighted by atomic mass is 10.2. The molecular formula is C15H24O3Si2. The van der Waals surface area contributed by atoms with E-state index in [2.05, 4.69) is 19.6 Å². The van der Waals surface area contributed by atoms with Crippen molar-refractivity contribution in [2.45, 2.75) is 39.3 Å². The van der Waals surface area contributed by atoms with Crippen LogP contribution in [0.5, 0.6) is 5.75 Å². The number of carbonyl (C=O) groups is 1. The first-order chi connectivity index (χ1) is 9.05. The third-order valence-electron chi connectivity index (χ3n) is 2.10. The van der Waals surface area contributed by atoms with E-state index in [4.69, 9.17) is 8.85 Å². The molecule has 0 heterocycles. The largest absolute Gasteiger partial charge is 0.544 e. The highest BCUT2D eigenvalue weighted by atomic mass is 28.4. The second-order valence-electron chi connectivity index (χ2n) is 6.65. The molecule has 0 atom stereocenters. The van der Waals surface area contributed by atoms with Gasteiger partial charge in [-0.2, -0.15) is 0 Å². The Morgan fingerprint density at radius 2 is 1.70 bits per heavy atom. The number of benzene rings is 1. The molecule has 0 fully saturated rings. The van der Waals surface area contributed by atoms with Gasteiger partial charge in [-0.3, -0.25) is 0 Å². The monoisotopic (exact) mass is 308 g/mol. The lowest BCUT2D eigenvalue weighted by molar-refractivity contribution is -0.129. The number of carbonyl (C=O) groups excluding carboxylic acids is 1. The number of hydrogen-bond donors (Lipinski definition) is 0. The maximum Gasteiger partial charge on any atom is 0.317 e. The molecule has 0 amide bonds. The van der Waals surface area contributed by atoms with Crippen LogP contribution < -0.4 is 4.43 Å². The highest BCUT2D eigenvalue weighted by molar-refractivity contribution is 6.71. The second-order valence-corrected chi connectivity index (χ2v) is 15.5. The van der Waals surface area contributed by atoms with E-state index < -0.39 is 16.6 Å². The molecule has 1 aromatic rings. The summed E-state index contributed by atoms with van der Waals surface area (Å²) in [5.41, 5.74) is 0.938. The lowest BCUT2D eigenvalue weighted by Crippen LogP contribution is -2.29. The van der Waals surface area contributed by atoms with Gasteiger partial charge in [0.2, 0.25) is 16.6 Å². The van der Waals surface area contributed by atoms with Crippen LogP contribution in [0, 0.1) is 0 Å². The summed E-state index contributed by atoms with van der Waals surface area (Å²) in [5.74, 6) is 0.575. The van der Waals surface area contributed by atoms with Crippen molar-refractivity contribution in [3.63, 3.8) is 0 Å². The van der Waals surface area contributed by atoms with Crippen molar-refractivity contribution in [2.75, 3.05) is 0 Å². The number of hydrogen-bond acceptors (Lipinski definition) is 3. The van der Waals surface area contributed by atoms with Crippen LogP contribution in [-0.4, -0.2) is 22.6 Å². The maximum absolute atomic E-state index is 11.6. The molecule has 0 aliphatic carbocycles. The van der Waals surface area contributed by atoms with Gasteiger partial charge in [-0.15, -0.1) is 0 Å². The summed E-state index contributed by atoms with van der Waals surface area (Å²) in [6, 6.07) is 7.75. The van der Waals surface area contributed by atoms with Gasteiger partial charge in [-0.05, 0) is 63.1 Å². The first kappa shape index (κ1) is 16.7. The molecule has 110 valence electrons. The highest BCUT2D eigenvalue weighted by Crippen LogP contribution is 2.18. The Labute approximate surface area is 123 Å². The van der Waals surface area contributed by atoms with E-state index in [1.165, 1.54) is 6.08 Å². The summed E-state index contributed by atoms with van der Waals surface area (Å²) in [6.07, 6.45) is 3.24. The average molecular weight is 309 g/mol. The van der Waals surface area contributed by atoms with Gasteiger partial charge >= 0.3 is 5.97 Å². The van der Waals surface area contributed by atoms with E-state index in [9.17, 15) is 4.79 Å². The van der Waals surface area contributed by atoms with Crippen LogP contribution in [-0.2, 0) is 9.22 Å². The predicted molar refractivity (Wildman–Crippen MR) is 88.9 cm³/mol. The summed E-state index contributed by atoms with van der Waals surface area (Å²) in [7, 11) is -3.43. The minimum absolute atomic E-state index is 0.277. The topological polar surface area (TPSA) is 35.5 Å². The summed E-state index contributed by atoms with van der Waals surface area (Å²) < 4.78 is 11.3. The van der Waals surface area contributed by atoms with Gasteiger partial charge in [0, 0.05) is 6.08 Å². The van der Waals surface area contributed by atoms with Crippen molar-refractivity contribution in [1.82, 2.24) is 0 Å². The smallest absolute Gasteiger partial charge is 0.317 e. The Morgan fingerprint density at radius 3 is 2.25 bits per heavy atom. The minimum atomic E-state index is -1.82. The molecule has 3 nitrogen and oxygen atoms in total. The van der Waals surface area contributed by atoms with Gasteiger partial charge in [0.15, 0.2) is 0 Å². The zero-order chi connectivity index (χ0) is 15.4. The Hall–Kier alpha value is -1.34. The quantitative estimate of drug-likeness (QED) is 0.601. The van der Waals surface area contributed by atoms with Crippen molar-refractivity contribution >= 4 is 28.7 Å². The molecule has 0 aliphatic heterocycles. The van der Waals surface area contributed by atoms with Gasteiger partial charge < -0.3 is 8.85 Å². The SMILES string of the molecule is C[Si](C)(C)OC(=O)/C=C/c1cccc(O[Si](C)(C)C)c1. The minimum Gasteiger partial charge on any atom is -0.544 e.